The molecule has 7 heteroatoms. The van der Waals surface area contributed by atoms with E-state index in [1.54, 1.807) is 0 Å². The minimum absolute atomic E-state index is 0.0760. The van der Waals surface area contributed by atoms with E-state index in [1.165, 1.54) is 25.3 Å². The van der Waals surface area contributed by atoms with Crippen molar-refractivity contribution < 1.29 is 19.2 Å². The molecule has 2 aromatic carbocycles. The average Bonchev–Trinajstić information content (AvgIpc) is 3.05. The lowest BCUT2D eigenvalue weighted by Gasteiger charge is -2.06. The molecule has 0 aliphatic heterocycles. The first-order valence-electron chi connectivity index (χ1n) is 8.16. The predicted molar refractivity (Wildman–Crippen MR) is 96.5 cm³/mol. The standard InChI is InChI=1S/C19H18N2O5/c1-25-14-9-10-18(17(11-14)21(23)24)26-19(22)8-4-5-13-12-20-16-7-3-2-6-15(13)16/h2-3,6-7,9-12,20H,4-5,8H2,1H3. The van der Waals surface area contributed by atoms with Gasteiger partial charge < -0.3 is 14.5 Å². The first-order chi connectivity index (χ1) is 12.6. The zero-order chi connectivity index (χ0) is 18.5. The molecule has 0 atom stereocenters. The fourth-order valence-corrected chi connectivity index (χ4v) is 2.79. The smallest absolute Gasteiger partial charge is 0.315 e. The van der Waals surface area contributed by atoms with E-state index in [4.69, 9.17) is 9.47 Å². The Bertz CT molecular complexity index is 948. The number of carbonyl (C=O) groups excluding carboxylic acids is 1. The molecule has 26 heavy (non-hydrogen) atoms. The van der Waals surface area contributed by atoms with Crippen LogP contribution in [0.4, 0.5) is 5.69 Å². The summed E-state index contributed by atoms with van der Waals surface area (Å²) in [6.45, 7) is 0. The molecule has 1 heterocycles. The summed E-state index contributed by atoms with van der Waals surface area (Å²) >= 11 is 0. The van der Waals surface area contributed by atoms with Crippen LogP contribution in [0.25, 0.3) is 10.9 Å². The van der Waals surface area contributed by atoms with Gasteiger partial charge in [0.2, 0.25) is 5.75 Å². The number of nitrogens with one attached hydrogen (secondary N) is 1. The number of aryl methyl sites for hydroxylation is 1. The lowest BCUT2D eigenvalue weighted by molar-refractivity contribution is -0.385. The quantitative estimate of drug-likeness (QED) is 0.299. The summed E-state index contributed by atoms with van der Waals surface area (Å²) < 4.78 is 10.1. The maximum absolute atomic E-state index is 12.0. The molecule has 0 spiro atoms. The van der Waals surface area contributed by atoms with Gasteiger partial charge in [0.15, 0.2) is 0 Å². The molecule has 0 fully saturated rings. The fraction of sp³-hybridized carbons (Fsp3) is 0.211. The number of ether oxygens (including phenoxy) is 2. The molecule has 3 aromatic rings. The largest absolute Gasteiger partial charge is 0.496 e. The van der Waals surface area contributed by atoms with Gasteiger partial charge in [0, 0.05) is 23.5 Å². The van der Waals surface area contributed by atoms with Crippen LogP contribution in [-0.4, -0.2) is 23.0 Å². The number of nitro benzene ring substituents is 1. The molecule has 0 saturated heterocycles. The van der Waals surface area contributed by atoms with Crippen LogP contribution in [0.1, 0.15) is 18.4 Å². The number of carbonyl (C=O) groups is 1. The van der Waals surface area contributed by atoms with Crippen LogP contribution >= 0.6 is 0 Å². The van der Waals surface area contributed by atoms with Crippen molar-refractivity contribution in [3.05, 3.63) is 64.3 Å². The SMILES string of the molecule is COc1ccc(OC(=O)CCCc2c[nH]c3ccccc23)c([N+](=O)[O-])c1. The molecule has 1 aromatic heterocycles. The summed E-state index contributed by atoms with van der Waals surface area (Å²) in [4.78, 5) is 25.8. The highest BCUT2D eigenvalue weighted by Crippen LogP contribution is 2.31. The van der Waals surface area contributed by atoms with Crippen molar-refractivity contribution in [1.82, 2.24) is 4.98 Å². The van der Waals surface area contributed by atoms with E-state index in [9.17, 15) is 14.9 Å². The second-order valence-corrected chi connectivity index (χ2v) is 5.78. The van der Waals surface area contributed by atoms with Gasteiger partial charge in [0.05, 0.1) is 18.1 Å². The zero-order valence-corrected chi connectivity index (χ0v) is 14.2. The van der Waals surface area contributed by atoms with Gasteiger partial charge in [-0.15, -0.1) is 0 Å². The highest BCUT2D eigenvalue weighted by molar-refractivity contribution is 5.83. The summed E-state index contributed by atoms with van der Waals surface area (Å²) in [5, 5.41) is 12.3. The van der Waals surface area contributed by atoms with E-state index in [1.807, 2.05) is 30.5 Å². The second kappa shape index (κ2) is 7.69. The number of nitro groups is 1. The van der Waals surface area contributed by atoms with Crippen molar-refractivity contribution in [3.63, 3.8) is 0 Å². The molecule has 0 saturated carbocycles. The second-order valence-electron chi connectivity index (χ2n) is 5.78. The summed E-state index contributed by atoms with van der Waals surface area (Å²) in [5.74, 6) is -0.248. The third kappa shape index (κ3) is 3.83. The molecule has 134 valence electrons. The number of rotatable bonds is 7. The Morgan fingerprint density at radius 2 is 2.04 bits per heavy atom. The lowest BCUT2D eigenvalue weighted by atomic mass is 10.1. The number of methoxy groups -OCH3 is 1. The molecule has 0 aliphatic rings. The number of fused-ring (bicyclic) bond motifs is 1. The van der Waals surface area contributed by atoms with Gasteiger partial charge in [-0.05, 0) is 36.6 Å². The number of hydrogen-bond donors (Lipinski definition) is 1. The molecular formula is C19H18N2O5. The Labute approximate surface area is 149 Å². The Kier molecular flexibility index (Phi) is 5.17. The van der Waals surface area contributed by atoms with Gasteiger partial charge in [-0.1, -0.05) is 18.2 Å². The van der Waals surface area contributed by atoms with E-state index in [0.717, 1.165) is 16.5 Å². The van der Waals surface area contributed by atoms with Crippen molar-refractivity contribution >= 4 is 22.6 Å². The minimum Gasteiger partial charge on any atom is -0.496 e. The number of nitrogens with zero attached hydrogens (tertiary/aromatic N) is 1. The number of H-pyrrole nitrogens is 1. The topological polar surface area (TPSA) is 94.5 Å². The summed E-state index contributed by atoms with van der Waals surface area (Å²) in [7, 11) is 1.41. The van der Waals surface area contributed by atoms with E-state index in [0.29, 0.717) is 18.6 Å². The van der Waals surface area contributed by atoms with Crippen molar-refractivity contribution in [2.45, 2.75) is 19.3 Å². The minimum atomic E-state index is -0.600. The Balaban J connectivity index is 1.60. The van der Waals surface area contributed by atoms with Crippen LogP contribution in [0.3, 0.4) is 0 Å². The molecule has 3 rings (SSSR count). The number of esters is 1. The van der Waals surface area contributed by atoms with E-state index < -0.39 is 10.9 Å². The molecule has 7 nitrogen and oxygen atoms in total. The number of para-hydroxylation sites is 1. The van der Waals surface area contributed by atoms with Gasteiger partial charge in [-0.2, -0.15) is 0 Å². The van der Waals surface area contributed by atoms with Crippen LogP contribution in [-0.2, 0) is 11.2 Å². The van der Waals surface area contributed by atoms with Gasteiger partial charge in [-0.25, -0.2) is 0 Å². The lowest BCUT2D eigenvalue weighted by Crippen LogP contribution is -2.09. The Morgan fingerprint density at radius 1 is 1.23 bits per heavy atom. The summed E-state index contributed by atoms with van der Waals surface area (Å²) in [5.41, 5.74) is 1.89. The molecule has 0 radical (unpaired) electrons. The van der Waals surface area contributed by atoms with Gasteiger partial charge >= 0.3 is 11.7 Å². The van der Waals surface area contributed by atoms with Gasteiger partial charge in [0.1, 0.15) is 5.75 Å². The first-order valence-corrected chi connectivity index (χ1v) is 8.16. The molecule has 0 unspecified atom stereocenters. The maximum Gasteiger partial charge on any atom is 0.315 e. The number of aromatic amines is 1. The predicted octanol–water partition coefficient (Wildman–Crippen LogP) is 4.01. The highest BCUT2D eigenvalue weighted by atomic mass is 16.6. The van der Waals surface area contributed by atoms with Crippen LogP contribution in [0.2, 0.25) is 0 Å². The van der Waals surface area contributed by atoms with Crippen LogP contribution in [0, 0.1) is 10.1 Å². The number of hydrogen-bond acceptors (Lipinski definition) is 5. The van der Waals surface area contributed by atoms with Crippen LogP contribution in [0.15, 0.2) is 48.7 Å². The molecular weight excluding hydrogens is 336 g/mol. The summed E-state index contributed by atoms with van der Waals surface area (Å²) in [6.07, 6.45) is 3.40. The molecule has 0 amide bonds. The Morgan fingerprint density at radius 3 is 2.81 bits per heavy atom. The highest BCUT2D eigenvalue weighted by Gasteiger charge is 2.19. The Hall–Kier alpha value is -3.35. The van der Waals surface area contributed by atoms with Crippen molar-refractivity contribution in [2.24, 2.45) is 0 Å². The summed E-state index contributed by atoms with van der Waals surface area (Å²) in [6, 6.07) is 12.1. The van der Waals surface area contributed by atoms with Gasteiger partial charge in [-0.3, -0.25) is 14.9 Å². The monoisotopic (exact) mass is 354 g/mol. The zero-order valence-electron chi connectivity index (χ0n) is 14.2. The van der Waals surface area contributed by atoms with Crippen LogP contribution in [0.5, 0.6) is 11.5 Å². The molecule has 0 aliphatic carbocycles. The van der Waals surface area contributed by atoms with Crippen molar-refractivity contribution in [1.29, 1.82) is 0 Å². The normalized spacial score (nSPS) is 10.7. The number of benzene rings is 2. The number of aromatic nitrogens is 1. The fourth-order valence-electron chi connectivity index (χ4n) is 2.79. The van der Waals surface area contributed by atoms with Gasteiger partial charge in [0.25, 0.3) is 0 Å². The average molecular weight is 354 g/mol. The van der Waals surface area contributed by atoms with Crippen LogP contribution < -0.4 is 9.47 Å². The first kappa shape index (κ1) is 17.5. The molecule has 0 bridgehead atoms. The maximum atomic E-state index is 12.0. The van der Waals surface area contributed by atoms with E-state index >= 15 is 0 Å². The third-order valence-electron chi connectivity index (χ3n) is 4.09. The van der Waals surface area contributed by atoms with E-state index in [2.05, 4.69) is 4.98 Å². The third-order valence-corrected chi connectivity index (χ3v) is 4.09. The van der Waals surface area contributed by atoms with Crippen molar-refractivity contribution in [2.75, 3.05) is 7.11 Å². The van der Waals surface area contributed by atoms with Crippen molar-refractivity contribution in [3.8, 4) is 11.5 Å². The van der Waals surface area contributed by atoms with E-state index in [-0.39, 0.29) is 17.9 Å². The molecule has 1 N–H and O–H groups in total.